The lowest BCUT2D eigenvalue weighted by molar-refractivity contribution is -0.116. The van der Waals surface area contributed by atoms with Crippen LogP contribution in [0.1, 0.15) is 35.3 Å². The third kappa shape index (κ3) is 5.58. The van der Waals surface area contributed by atoms with Crippen molar-refractivity contribution in [1.82, 2.24) is 14.9 Å². The van der Waals surface area contributed by atoms with E-state index in [2.05, 4.69) is 15.6 Å². The molecule has 1 aromatic heterocycles. The average molecular weight is 449 g/mol. The molecule has 30 heavy (non-hydrogen) atoms. The van der Waals surface area contributed by atoms with Gasteiger partial charge in [0.15, 0.2) is 0 Å². The Morgan fingerprint density at radius 2 is 2.00 bits per heavy atom. The zero-order valence-electron chi connectivity index (χ0n) is 16.0. The number of halogens is 3. The highest BCUT2D eigenvalue weighted by molar-refractivity contribution is 6.35. The molecule has 6 nitrogen and oxygen atoms in total. The highest BCUT2D eigenvalue weighted by atomic mass is 35.5. The number of benzene rings is 2. The maximum absolute atomic E-state index is 13.8. The van der Waals surface area contributed by atoms with Gasteiger partial charge in [-0.1, -0.05) is 29.3 Å². The number of carbonyl (C=O) groups excluding carboxylic acids is 2. The second-order valence-electron chi connectivity index (χ2n) is 6.66. The number of imidazole rings is 1. The van der Waals surface area contributed by atoms with E-state index in [1.165, 1.54) is 12.1 Å². The van der Waals surface area contributed by atoms with Crippen LogP contribution in [0.3, 0.4) is 0 Å². The number of hydrogen-bond acceptors (Lipinski definition) is 3. The molecule has 0 radical (unpaired) electrons. The first-order chi connectivity index (χ1) is 14.3. The topological polar surface area (TPSA) is 76.0 Å². The van der Waals surface area contributed by atoms with Gasteiger partial charge in [-0.2, -0.15) is 0 Å². The average Bonchev–Trinajstić information content (AvgIpc) is 3.23. The largest absolute Gasteiger partial charge is 0.345 e. The highest BCUT2D eigenvalue weighted by Crippen LogP contribution is 2.28. The quantitative estimate of drug-likeness (QED) is 0.507. The Morgan fingerprint density at radius 3 is 2.73 bits per heavy atom. The van der Waals surface area contributed by atoms with Gasteiger partial charge in [0.05, 0.1) is 17.4 Å². The maximum Gasteiger partial charge on any atom is 0.251 e. The smallest absolute Gasteiger partial charge is 0.251 e. The molecule has 2 aromatic carbocycles. The molecule has 1 heterocycles. The van der Waals surface area contributed by atoms with E-state index in [0.717, 1.165) is 0 Å². The van der Waals surface area contributed by atoms with Crippen LogP contribution < -0.4 is 10.6 Å². The van der Waals surface area contributed by atoms with Crippen molar-refractivity contribution in [3.63, 3.8) is 0 Å². The highest BCUT2D eigenvalue weighted by Gasteiger charge is 2.17. The van der Waals surface area contributed by atoms with Gasteiger partial charge in [-0.05, 0) is 42.8 Å². The predicted molar refractivity (Wildman–Crippen MR) is 114 cm³/mol. The molecule has 0 aliphatic rings. The molecular formula is C21H19Cl2FN4O2. The van der Waals surface area contributed by atoms with Crippen LogP contribution in [0.15, 0.2) is 55.1 Å². The minimum absolute atomic E-state index is 0.0845. The Labute approximate surface area is 183 Å². The predicted octanol–water partition coefficient (Wildman–Crippen LogP) is 4.85. The van der Waals surface area contributed by atoms with E-state index in [1.807, 2.05) is 0 Å². The number of amides is 2. The maximum atomic E-state index is 13.8. The molecule has 2 amide bonds. The standard InChI is InChI=1S/C21H19Cl2FN4O2/c1-13(16-10-19(24)18(23)11-17(16)22)26-21(30)14-3-2-4-15(9-14)27-20(29)5-7-28-8-6-25-12-28/h2-4,6,8-13H,5,7H2,1H3,(H,26,30)(H,27,29). The van der Waals surface area contributed by atoms with Crippen molar-refractivity contribution in [1.29, 1.82) is 0 Å². The molecule has 156 valence electrons. The van der Waals surface area contributed by atoms with E-state index in [-0.39, 0.29) is 28.3 Å². The molecule has 0 fully saturated rings. The molecule has 0 saturated heterocycles. The summed E-state index contributed by atoms with van der Waals surface area (Å²) in [6.07, 6.45) is 5.33. The lowest BCUT2D eigenvalue weighted by Gasteiger charge is -2.17. The van der Waals surface area contributed by atoms with E-state index in [1.54, 1.807) is 54.5 Å². The Balaban J connectivity index is 1.62. The van der Waals surface area contributed by atoms with E-state index < -0.39 is 11.9 Å². The van der Waals surface area contributed by atoms with Gasteiger partial charge in [-0.3, -0.25) is 9.59 Å². The Kier molecular flexibility index (Phi) is 7.07. The van der Waals surface area contributed by atoms with E-state index in [0.29, 0.717) is 23.4 Å². The fourth-order valence-electron chi connectivity index (χ4n) is 2.84. The number of anilines is 1. The van der Waals surface area contributed by atoms with Crippen LogP contribution in [-0.2, 0) is 11.3 Å². The molecule has 0 bridgehead atoms. The zero-order valence-corrected chi connectivity index (χ0v) is 17.5. The summed E-state index contributed by atoms with van der Waals surface area (Å²) in [6.45, 7) is 2.19. The van der Waals surface area contributed by atoms with Gasteiger partial charge >= 0.3 is 0 Å². The van der Waals surface area contributed by atoms with Crippen molar-refractivity contribution in [3.8, 4) is 0 Å². The van der Waals surface area contributed by atoms with Crippen LogP contribution in [0.2, 0.25) is 10.0 Å². The Hall–Kier alpha value is -2.90. The molecule has 3 aromatic rings. The number of hydrogen-bond donors (Lipinski definition) is 2. The SMILES string of the molecule is CC(NC(=O)c1cccc(NC(=O)CCn2ccnc2)c1)c1cc(F)c(Cl)cc1Cl. The summed E-state index contributed by atoms with van der Waals surface area (Å²) < 4.78 is 15.6. The minimum Gasteiger partial charge on any atom is -0.345 e. The van der Waals surface area contributed by atoms with Crippen LogP contribution >= 0.6 is 23.2 Å². The normalized spacial score (nSPS) is 11.7. The molecule has 9 heteroatoms. The Bertz CT molecular complexity index is 1060. The van der Waals surface area contributed by atoms with Crippen LogP contribution in [-0.4, -0.2) is 21.4 Å². The molecule has 0 aliphatic carbocycles. The van der Waals surface area contributed by atoms with Crippen molar-refractivity contribution in [2.45, 2.75) is 25.9 Å². The third-order valence-electron chi connectivity index (χ3n) is 4.42. The number of aromatic nitrogens is 2. The first-order valence-corrected chi connectivity index (χ1v) is 9.90. The summed E-state index contributed by atoms with van der Waals surface area (Å²) in [5.74, 6) is -1.18. The van der Waals surface area contributed by atoms with Gasteiger partial charge < -0.3 is 15.2 Å². The van der Waals surface area contributed by atoms with Crippen LogP contribution in [0, 0.1) is 5.82 Å². The van der Waals surface area contributed by atoms with E-state index in [4.69, 9.17) is 23.2 Å². The second-order valence-corrected chi connectivity index (χ2v) is 7.48. The zero-order chi connectivity index (χ0) is 21.7. The summed E-state index contributed by atoms with van der Waals surface area (Å²) in [5, 5.41) is 5.71. The van der Waals surface area contributed by atoms with Gasteiger partial charge in [0.25, 0.3) is 5.91 Å². The summed E-state index contributed by atoms with van der Waals surface area (Å²) in [7, 11) is 0. The number of aryl methyl sites for hydroxylation is 1. The molecule has 0 aliphatic heterocycles. The van der Waals surface area contributed by atoms with E-state index >= 15 is 0 Å². The number of carbonyl (C=O) groups is 2. The minimum atomic E-state index is -0.613. The summed E-state index contributed by atoms with van der Waals surface area (Å²) in [4.78, 5) is 28.7. The van der Waals surface area contributed by atoms with Gasteiger partial charge in [-0.15, -0.1) is 0 Å². The molecule has 0 spiro atoms. The lowest BCUT2D eigenvalue weighted by Crippen LogP contribution is -2.27. The first-order valence-electron chi connectivity index (χ1n) is 9.14. The molecule has 3 rings (SSSR count). The summed E-state index contributed by atoms with van der Waals surface area (Å²) in [6, 6.07) is 8.50. The second kappa shape index (κ2) is 9.73. The lowest BCUT2D eigenvalue weighted by atomic mass is 10.1. The third-order valence-corrected chi connectivity index (χ3v) is 5.04. The van der Waals surface area contributed by atoms with Crippen LogP contribution in [0.4, 0.5) is 10.1 Å². The Morgan fingerprint density at radius 1 is 1.20 bits per heavy atom. The monoisotopic (exact) mass is 448 g/mol. The van der Waals surface area contributed by atoms with Crippen molar-refractivity contribution < 1.29 is 14.0 Å². The van der Waals surface area contributed by atoms with Gasteiger partial charge in [0.2, 0.25) is 5.91 Å². The molecule has 1 unspecified atom stereocenters. The van der Waals surface area contributed by atoms with Gasteiger partial charge in [0, 0.05) is 41.6 Å². The van der Waals surface area contributed by atoms with Crippen molar-refractivity contribution in [2.75, 3.05) is 5.32 Å². The number of nitrogens with one attached hydrogen (secondary N) is 2. The number of rotatable bonds is 7. The fourth-order valence-corrected chi connectivity index (χ4v) is 3.39. The van der Waals surface area contributed by atoms with Crippen LogP contribution in [0.5, 0.6) is 0 Å². The summed E-state index contributed by atoms with van der Waals surface area (Å²) >= 11 is 11.8. The molecular weight excluding hydrogens is 430 g/mol. The number of nitrogens with zero attached hydrogens (tertiary/aromatic N) is 2. The summed E-state index contributed by atoms with van der Waals surface area (Å²) in [5.41, 5.74) is 1.26. The van der Waals surface area contributed by atoms with Crippen LogP contribution in [0.25, 0.3) is 0 Å². The molecule has 1 atom stereocenters. The fraction of sp³-hybridized carbons (Fsp3) is 0.190. The van der Waals surface area contributed by atoms with Crippen molar-refractivity contribution in [3.05, 3.63) is 82.1 Å². The molecule has 0 saturated carbocycles. The van der Waals surface area contributed by atoms with Crippen molar-refractivity contribution in [2.24, 2.45) is 0 Å². The van der Waals surface area contributed by atoms with Crippen molar-refractivity contribution >= 4 is 40.7 Å². The van der Waals surface area contributed by atoms with E-state index in [9.17, 15) is 14.0 Å². The van der Waals surface area contributed by atoms with Gasteiger partial charge in [-0.25, -0.2) is 9.37 Å². The van der Waals surface area contributed by atoms with Gasteiger partial charge in [0.1, 0.15) is 5.82 Å². The first kappa shape index (κ1) is 21.8. The molecule has 2 N–H and O–H groups in total.